The molecule has 3 rings (SSSR count). The number of benzene rings is 1. The molecule has 1 aliphatic carbocycles. The van der Waals surface area contributed by atoms with Crippen LogP contribution in [-0.2, 0) is 39.9 Å². The van der Waals surface area contributed by atoms with E-state index >= 15 is 0 Å². The second kappa shape index (κ2) is 11.9. The lowest BCUT2D eigenvalue weighted by Crippen LogP contribution is -2.50. The molecule has 1 unspecified atom stereocenters. The molecule has 11 heteroatoms. The van der Waals surface area contributed by atoms with Crippen molar-refractivity contribution < 1.29 is 33.4 Å². The van der Waals surface area contributed by atoms with Crippen molar-refractivity contribution in [3.8, 4) is 0 Å². The number of esters is 3. The van der Waals surface area contributed by atoms with Gasteiger partial charge in [-0.25, -0.2) is 14.4 Å². The zero-order valence-corrected chi connectivity index (χ0v) is 24.9. The Balaban J connectivity index is 2.35. The third kappa shape index (κ3) is 5.89. The monoisotopic (exact) mass is 574 g/mol. The van der Waals surface area contributed by atoms with Gasteiger partial charge in [-0.2, -0.15) is 0 Å². The first-order valence-corrected chi connectivity index (χ1v) is 13.9. The highest BCUT2D eigenvalue weighted by molar-refractivity contribution is 8.25. The van der Waals surface area contributed by atoms with E-state index in [4.69, 9.17) is 26.4 Å². The average Bonchev–Trinajstić information content (AvgIpc) is 3.26. The van der Waals surface area contributed by atoms with Crippen molar-refractivity contribution in [2.45, 2.75) is 65.3 Å². The van der Waals surface area contributed by atoms with E-state index < -0.39 is 34.1 Å². The van der Waals surface area contributed by atoms with Crippen LogP contribution in [-0.4, -0.2) is 63.1 Å². The second-order valence-corrected chi connectivity index (χ2v) is 11.8. The SMILES string of the molecule is CCOC(=O)C1=C(NC(C)(C)C)C2(SC(=S)N(Cc3ccc(C)cc3)C2=O)C(C(=O)OCC)=C1C(=O)OCC. The van der Waals surface area contributed by atoms with Gasteiger partial charge in [0, 0.05) is 5.54 Å². The number of carbonyl (C=O) groups excluding carboxylic acids is 4. The van der Waals surface area contributed by atoms with Crippen LogP contribution in [0.2, 0.25) is 0 Å². The van der Waals surface area contributed by atoms with Gasteiger partial charge < -0.3 is 19.5 Å². The van der Waals surface area contributed by atoms with Crippen LogP contribution < -0.4 is 5.32 Å². The van der Waals surface area contributed by atoms with Crippen molar-refractivity contribution in [1.29, 1.82) is 0 Å². The summed E-state index contributed by atoms with van der Waals surface area (Å²) >= 11 is 6.59. The molecular weight excluding hydrogens is 540 g/mol. The number of ether oxygens (including phenoxy) is 3. The number of aryl methyl sites for hydroxylation is 1. The van der Waals surface area contributed by atoms with Gasteiger partial charge in [0.1, 0.15) is 4.32 Å². The van der Waals surface area contributed by atoms with Crippen molar-refractivity contribution in [1.82, 2.24) is 10.2 Å². The zero-order valence-electron chi connectivity index (χ0n) is 23.3. The van der Waals surface area contributed by atoms with Crippen molar-refractivity contribution in [2.75, 3.05) is 19.8 Å². The molecule has 1 aromatic carbocycles. The Hall–Kier alpha value is -3.18. The van der Waals surface area contributed by atoms with Crippen LogP contribution in [0.5, 0.6) is 0 Å². The summed E-state index contributed by atoms with van der Waals surface area (Å²) in [5.74, 6) is -3.31. The molecule has 1 N–H and O–H groups in total. The predicted octanol–water partition coefficient (Wildman–Crippen LogP) is 3.74. The first kappa shape index (κ1) is 30.4. The first-order valence-electron chi connectivity index (χ1n) is 12.7. The van der Waals surface area contributed by atoms with Crippen LogP contribution in [0.4, 0.5) is 0 Å². The molecule has 1 amide bonds. The van der Waals surface area contributed by atoms with E-state index in [-0.39, 0.29) is 53.1 Å². The summed E-state index contributed by atoms with van der Waals surface area (Å²) in [5, 5.41) is 3.23. The van der Waals surface area contributed by atoms with E-state index in [2.05, 4.69) is 5.32 Å². The molecule has 1 aromatic rings. The number of thiocarbonyl (C=S) groups is 1. The maximum Gasteiger partial charge on any atom is 0.340 e. The van der Waals surface area contributed by atoms with Crippen molar-refractivity contribution in [3.05, 3.63) is 57.8 Å². The highest BCUT2D eigenvalue weighted by Crippen LogP contribution is 2.55. The lowest BCUT2D eigenvalue weighted by atomic mass is 9.93. The third-order valence-corrected chi connectivity index (χ3v) is 7.62. The standard InChI is InChI=1S/C28H34N2O7S2/c1-8-35-22(31)18-19(23(32)36-9-2)21(29-27(5,6)7)28(20(18)24(33)37-10-3)25(34)30(26(38)39-28)15-17-13-11-16(4)12-14-17/h11-14,29H,8-10,15H2,1-7H3. The summed E-state index contributed by atoms with van der Waals surface area (Å²) in [5.41, 5.74) is 0.317. The van der Waals surface area contributed by atoms with Crippen molar-refractivity contribution in [3.63, 3.8) is 0 Å². The van der Waals surface area contributed by atoms with E-state index in [0.717, 1.165) is 22.9 Å². The number of nitrogens with zero attached hydrogens (tertiary/aromatic N) is 1. The third-order valence-electron chi connectivity index (χ3n) is 5.86. The molecule has 0 radical (unpaired) electrons. The molecule has 210 valence electrons. The minimum atomic E-state index is -1.88. The van der Waals surface area contributed by atoms with Gasteiger partial charge in [-0.05, 0) is 54.0 Å². The van der Waals surface area contributed by atoms with E-state index in [1.807, 2.05) is 52.0 Å². The first-order chi connectivity index (χ1) is 18.3. The molecule has 1 spiro atoms. The molecule has 0 saturated carbocycles. The topological polar surface area (TPSA) is 111 Å². The fraction of sp³-hybridized carbons (Fsp3) is 0.464. The molecule has 1 atom stereocenters. The minimum Gasteiger partial charge on any atom is -0.463 e. The summed E-state index contributed by atoms with van der Waals surface area (Å²) in [6, 6.07) is 7.61. The molecule has 39 heavy (non-hydrogen) atoms. The predicted molar refractivity (Wildman–Crippen MR) is 151 cm³/mol. The van der Waals surface area contributed by atoms with Gasteiger partial charge in [-0.15, -0.1) is 0 Å². The fourth-order valence-electron chi connectivity index (χ4n) is 4.35. The van der Waals surface area contributed by atoms with Crippen LogP contribution in [0.25, 0.3) is 0 Å². The van der Waals surface area contributed by atoms with E-state index in [0.29, 0.717) is 0 Å². The van der Waals surface area contributed by atoms with Gasteiger partial charge in [-0.1, -0.05) is 53.8 Å². The largest absolute Gasteiger partial charge is 0.463 e. The Morgan fingerprint density at radius 1 is 0.923 bits per heavy atom. The smallest absolute Gasteiger partial charge is 0.340 e. The number of nitrogens with one attached hydrogen (secondary N) is 1. The lowest BCUT2D eigenvalue weighted by molar-refractivity contribution is -0.143. The number of hydrogen-bond donors (Lipinski definition) is 1. The average molecular weight is 575 g/mol. The quantitative estimate of drug-likeness (QED) is 0.266. The summed E-state index contributed by atoms with van der Waals surface area (Å²) in [6.07, 6.45) is 0. The fourth-order valence-corrected chi connectivity index (χ4v) is 6.13. The van der Waals surface area contributed by atoms with Gasteiger partial charge in [0.15, 0.2) is 4.75 Å². The number of thioether (sulfide) groups is 1. The highest BCUT2D eigenvalue weighted by atomic mass is 32.2. The molecule has 1 saturated heterocycles. The number of carbonyl (C=O) groups is 4. The maximum atomic E-state index is 14.5. The minimum absolute atomic E-state index is 0.00201. The van der Waals surface area contributed by atoms with Gasteiger partial charge in [0.05, 0.1) is 48.8 Å². The Morgan fingerprint density at radius 2 is 1.44 bits per heavy atom. The molecule has 9 nitrogen and oxygen atoms in total. The van der Waals surface area contributed by atoms with Crippen LogP contribution in [0.3, 0.4) is 0 Å². The maximum absolute atomic E-state index is 14.5. The number of amides is 1. The molecule has 0 bridgehead atoms. The van der Waals surface area contributed by atoms with E-state index in [1.54, 1.807) is 20.8 Å². The number of rotatable bonds is 9. The molecule has 2 aliphatic rings. The summed E-state index contributed by atoms with van der Waals surface area (Å²) < 4.78 is 14.2. The highest BCUT2D eigenvalue weighted by Gasteiger charge is 2.65. The number of hydrogen-bond acceptors (Lipinski definition) is 10. The van der Waals surface area contributed by atoms with E-state index in [1.165, 1.54) is 4.90 Å². The van der Waals surface area contributed by atoms with Gasteiger partial charge in [-0.3, -0.25) is 9.69 Å². The Bertz CT molecular complexity index is 1260. The van der Waals surface area contributed by atoms with Crippen LogP contribution in [0.15, 0.2) is 46.7 Å². The van der Waals surface area contributed by atoms with Crippen LogP contribution in [0, 0.1) is 6.92 Å². The molecule has 1 heterocycles. The summed E-state index contributed by atoms with van der Waals surface area (Å²) in [4.78, 5) is 56.3. The van der Waals surface area contributed by atoms with E-state index in [9.17, 15) is 19.2 Å². The van der Waals surface area contributed by atoms with Crippen molar-refractivity contribution in [2.24, 2.45) is 0 Å². The Morgan fingerprint density at radius 3 is 1.95 bits per heavy atom. The Kier molecular flexibility index (Phi) is 9.27. The molecule has 1 aliphatic heterocycles. The molecular formula is C28H34N2O7S2. The zero-order chi connectivity index (χ0) is 29.1. The van der Waals surface area contributed by atoms with Gasteiger partial charge in [0.25, 0.3) is 5.91 Å². The normalized spacial score (nSPS) is 19.2. The van der Waals surface area contributed by atoms with Gasteiger partial charge >= 0.3 is 17.9 Å². The molecule has 0 aromatic heterocycles. The summed E-state index contributed by atoms with van der Waals surface area (Å²) in [7, 11) is 0. The van der Waals surface area contributed by atoms with Crippen LogP contribution in [0.1, 0.15) is 52.7 Å². The molecule has 1 fully saturated rings. The second-order valence-electron chi connectivity index (χ2n) is 9.96. The van der Waals surface area contributed by atoms with Crippen molar-refractivity contribution >= 4 is 52.1 Å². The van der Waals surface area contributed by atoms with Crippen LogP contribution >= 0.6 is 24.0 Å². The van der Waals surface area contributed by atoms with Gasteiger partial charge in [0.2, 0.25) is 0 Å². The lowest BCUT2D eigenvalue weighted by Gasteiger charge is -2.33. The summed E-state index contributed by atoms with van der Waals surface area (Å²) in [6.45, 7) is 12.4. The Labute approximate surface area is 238 Å².